The Bertz CT molecular complexity index is 2630. The van der Waals surface area contributed by atoms with E-state index in [0.717, 1.165) is 61.6 Å². The molecule has 2 N–H and O–H groups in total. The van der Waals surface area contributed by atoms with Crippen molar-refractivity contribution in [1.82, 2.24) is 29.7 Å². The van der Waals surface area contributed by atoms with Crippen LogP contribution in [0.25, 0.3) is 32.6 Å². The van der Waals surface area contributed by atoms with Crippen LogP contribution < -0.4 is 21.2 Å². The molecule has 4 aromatic heterocycles. The summed E-state index contributed by atoms with van der Waals surface area (Å²) >= 11 is 1.52. The Labute approximate surface area is 320 Å². The second-order valence-electron chi connectivity index (χ2n) is 14.0. The maximum absolute atomic E-state index is 13.1. The molecule has 2 aliphatic rings. The quantitative estimate of drug-likeness (QED) is 0.161. The summed E-state index contributed by atoms with van der Waals surface area (Å²) in [5.41, 5.74) is 7.79. The van der Waals surface area contributed by atoms with Gasteiger partial charge in [-0.15, -0.1) is 0 Å². The number of aromatic nitrogens is 4. The molecule has 280 valence electrons. The number of piperidine rings is 1. The lowest BCUT2D eigenvalue weighted by atomic mass is 9.90. The molecule has 0 saturated carbocycles. The zero-order chi connectivity index (χ0) is 38.4. The first-order valence-corrected chi connectivity index (χ1v) is 18.9. The molecule has 1 atom stereocenters. The van der Waals surface area contributed by atoms with E-state index in [0.29, 0.717) is 48.0 Å². The van der Waals surface area contributed by atoms with E-state index in [-0.39, 0.29) is 36.4 Å². The van der Waals surface area contributed by atoms with Crippen LogP contribution in [0.5, 0.6) is 0 Å². The zero-order valence-electron chi connectivity index (χ0n) is 30.9. The number of aryl methyl sites for hydroxylation is 3. The second-order valence-corrected chi connectivity index (χ2v) is 15.0. The summed E-state index contributed by atoms with van der Waals surface area (Å²) < 4.78 is 14.8. The molecule has 8 rings (SSSR count). The van der Waals surface area contributed by atoms with E-state index < -0.39 is 5.92 Å². The Kier molecular flexibility index (Phi) is 9.58. The lowest BCUT2D eigenvalue weighted by molar-refractivity contribution is -0.134. The van der Waals surface area contributed by atoms with Crippen LogP contribution in [0.1, 0.15) is 70.3 Å². The van der Waals surface area contributed by atoms with Gasteiger partial charge in [-0.3, -0.25) is 33.8 Å². The van der Waals surface area contributed by atoms with Crippen LogP contribution in [0.15, 0.2) is 64.3 Å². The Morgan fingerprint density at radius 3 is 2.64 bits per heavy atom. The van der Waals surface area contributed by atoms with Gasteiger partial charge in [-0.05, 0) is 79.6 Å². The van der Waals surface area contributed by atoms with E-state index in [9.17, 15) is 19.2 Å². The van der Waals surface area contributed by atoms with Gasteiger partial charge in [0.15, 0.2) is 0 Å². The van der Waals surface area contributed by atoms with Crippen molar-refractivity contribution in [3.8, 4) is 22.4 Å². The number of amides is 3. The smallest absolute Gasteiger partial charge is 0.328 e. The van der Waals surface area contributed by atoms with E-state index >= 15 is 0 Å². The fourth-order valence-corrected chi connectivity index (χ4v) is 8.42. The third kappa shape index (κ3) is 6.81. The fourth-order valence-electron chi connectivity index (χ4n) is 7.54. The minimum absolute atomic E-state index is 0.0526. The van der Waals surface area contributed by atoms with Crippen LogP contribution in [0, 0.1) is 18.8 Å². The number of hydrogen-bond donors (Lipinski definition) is 2. The van der Waals surface area contributed by atoms with Crippen molar-refractivity contribution in [2.24, 2.45) is 14.1 Å². The maximum atomic E-state index is 13.1. The molecule has 0 spiro atoms. The van der Waals surface area contributed by atoms with Gasteiger partial charge in [-0.2, -0.15) is 0 Å². The number of furan rings is 1. The van der Waals surface area contributed by atoms with E-state index in [2.05, 4.69) is 44.5 Å². The normalized spacial score (nSPS) is 16.3. The van der Waals surface area contributed by atoms with E-state index in [1.54, 1.807) is 27.7 Å². The number of imide groups is 1. The first-order valence-electron chi connectivity index (χ1n) is 18.1. The van der Waals surface area contributed by atoms with Crippen LogP contribution in [0.3, 0.4) is 0 Å². The van der Waals surface area contributed by atoms with Crippen LogP contribution in [-0.2, 0) is 28.4 Å². The number of rotatable bonds is 7. The number of carbonyl (C=O) groups excluding carboxylic acids is 3. The summed E-state index contributed by atoms with van der Waals surface area (Å²) in [5.74, 6) is 4.96. The number of nitrogens with zero attached hydrogens (tertiary/aromatic N) is 5. The van der Waals surface area contributed by atoms with Crippen LogP contribution in [0.2, 0.25) is 0 Å². The van der Waals surface area contributed by atoms with Crippen molar-refractivity contribution >= 4 is 61.7 Å². The Morgan fingerprint density at radius 1 is 1.04 bits per heavy atom. The molecule has 1 unspecified atom stereocenters. The number of fused-ring (bicyclic) bond motifs is 2. The standard InChI is InChI=1S/C41H39N7O6S/c1-23-16-26(40-44-21-35(55-40)46(2)27-18-29(25-11-14-53-15-12-25)37-32(19-27)47(3)41(52)48(37)4)20-43-36(23)39(51)42-13-5-6-24-7-9-33-30(17-24)31(22-54-33)28-8-10-34(49)45-38(28)50/h7,9,16-22,25,28H,8,10-15H2,1-4H3,(H,42,51)(H,45,49,50). The fraction of sp³-hybridized carbons (Fsp3) is 0.317. The molecule has 2 aliphatic heterocycles. The number of thiazole rings is 1. The number of pyridine rings is 1. The Hall–Kier alpha value is -6.04. The van der Waals surface area contributed by atoms with E-state index in [1.807, 2.05) is 52.5 Å². The number of hydrogen-bond acceptors (Lipinski definition) is 10. The molecule has 2 fully saturated rings. The average Bonchev–Trinajstić information content (AvgIpc) is 3.91. The maximum Gasteiger partial charge on any atom is 0.328 e. The summed E-state index contributed by atoms with van der Waals surface area (Å²) in [7, 11) is 5.65. The predicted molar refractivity (Wildman–Crippen MR) is 210 cm³/mol. The van der Waals surface area contributed by atoms with Crippen molar-refractivity contribution in [2.75, 3.05) is 31.7 Å². The Morgan fingerprint density at radius 2 is 1.85 bits per heavy atom. The molecular formula is C41H39N7O6S. The van der Waals surface area contributed by atoms with Crippen molar-refractivity contribution in [2.45, 2.75) is 44.4 Å². The highest BCUT2D eigenvalue weighted by Gasteiger charge is 2.30. The van der Waals surface area contributed by atoms with Crippen molar-refractivity contribution in [3.05, 3.63) is 93.5 Å². The van der Waals surface area contributed by atoms with Crippen molar-refractivity contribution < 1.29 is 23.5 Å². The van der Waals surface area contributed by atoms with Gasteiger partial charge in [0.25, 0.3) is 5.91 Å². The van der Waals surface area contributed by atoms with Gasteiger partial charge in [-0.1, -0.05) is 23.2 Å². The van der Waals surface area contributed by atoms with Gasteiger partial charge in [0.2, 0.25) is 11.8 Å². The molecule has 14 heteroatoms. The van der Waals surface area contributed by atoms with E-state index in [1.165, 1.54) is 11.3 Å². The van der Waals surface area contributed by atoms with Gasteiger partial charge in [0.05, 0.1) is 36.0 Å². The zero-order valence-corrected chi connectivity index (χ0v) is 31.7. The highest BCUT2D eigenvalue weighted by Crippen LogP contribution is 2.39. The number of carbonyl (C=O) groups is 3. The number of ether oxygens (including phenoxy) is 1. The van der Waals surface area contributed by atoms with Crippen molar-refractivity contribution in [3.63, 3.8) is 0 Å². The molecule has 2 aromatic carbocycles. The summed E-state index contributed by atoms with van der Waals surface area (Å²) in [5, 5.41) is 7.69. The summed E-state index contributed by atoms with van der Waals surface area (Å²) in [6.45, 7) is 3.35. The number of nitrogens with one attached hydrogen (secondary N) is 2. The topological polar surface area (TPSA) is 154 Å². The number of benzene rings is 2. The largest absolute Gasteiger partial charge is 0.464 e. The highest BCUT2D eigenvalue weighted by molar-refractivity contribution is 7.19. The SMILES string of the molecule is Cc1cc(-c2ncc(N(C)c3cc(C4CCOCC4)c4c(c3)n(C)c(=O)n4C)s2)cnc1C(=O)NCC#Cc1ccc2occ(C3CCC(=O)NC3=O)c2c1. The van der Waals surface area contributed by atoms with E-state index in [4.69, 9.17) is 14.1 Å². The van der Waals surface area contributed by atoms with Gasteiger partial charge >= 0.3 is 5.69 Å². The molecule has 6 heterocycles. The minimum Gasteiger partial charge on any atom is -0.464 e. The van der Waals surface area contributed by atoms with Crippen LogP contribution in [-0.4, -0.2) is 63.6 Å². The first-order chi connectivity index (χ1) is 26.6. The number of imidazole rings is 1. The highest BCUT2D eigenvalue weighted by atomic mass is 32.1. The van der Waals surface area contributed by atoms with Crippen molar-refractivity contribution in [1.29, 1.82) is 0 Å². The summed E-state index contributed by atoms with van der Waals surface area (Å²) in [6, 6.07) is 11.6. The van der Waals surface area contributed by atoms with Gasteiger partial charge in [0.1, 0.15) is 21.3 Å². The predicted octanol–water partition coefficient (Wildman–Crippen LogP) is 5.41. The molecule has 0 aliphatic carbocycles. The molecular weight excluding hydrogens is 719 g/mol. The molecule has 0 bridgehead atoms. The summed E-state index contributed by atoms with van der Waals surface area (Å²) in [4.78, 5) is 61.4. The third-order valence-corrected chi connectivity index (χ3v) is 11.7. The van der Waals surface area contributed by atoms with Gasteiger partial charge < -0.3 is 19.4 Å². The average molecular weight is 758 g/mol. The van der Waals surface area contributed by atoms with Gasteiger partial charge in [-0.25, -0.2) is 9.78 Å². The summed E-state index contributed by atoms with van der Waals surface area (Å²) in [6.07, 6.45) is 7.57. The first kappa shape index (κ1) is 36.0. The monoisotopic (exact) mass is 757 g/mol. The second kappa shape index (κ2) is 14.7. The molecule has 55 heavy (non-hydrogen) atoms. The minimum atomic E-state index is -0.465. The molecule has 0 radical (unpaired) electrons. The third-order valence-electron chi connectivity index (χ3n) is 10.6. The number of anilines is 2. The molecule has 2 saturated heterocycles. The lowest BCUT2D eigenvalue weighted by Crippen LogP contribution is -2.39. The lowest BCUT2D eigenvalue weighted by Gasteiger charge is -2.25. The molecule has 3 amide bonds. The molecule has 6 aromatic rings. The van der Waals surface area contributed by atoms with Crippen LogP contribution >= 0.6 is 11.3 Å². The Balaban J connectivity index is 0.950. The van der Waals surface area contributed by atoms with Crippen LogP contribution in [0.4, 0.5) is 10.7 Å². The van der Waals surface area contributed by atoms with Gasteiger partial charge in [0, 0.05) is 74.7 Å². The molecule has 13 nitrogen and oxygen atoms in total.